The summed E-state index contributed by atoms with van der Waals surface area (Å²) in [6.45, 7) is 5.27. The lowest BCUT2D eigenvalue weighted by atomic mass is 9.93. The number of ether oxygens (including phenoxy) is 1. The highest BCUT2D eigenvalue weighted by atomic mass is 32.2. The van der Waals surface area contributed by atoms with Crippen molar-refractivity contribution >= 4 is 11.8 Å². The summed E-state index contributed by atoms with van der Waals surface area (Å²) in [5.41, 5.74) is 1.51. The Morgan fingerprint density at radius 1 is 1.33 bits per heavy atom. The van der Waals surface area contributed by atoms with Crippen molar-refractivity contribution in [3.8, 4) is 0 Å². The minimum absolute atomic E-state index is 0.0290. The van der Waals surface area contributed by atoms with Crippen LogP contribution < -0.4 is 5.32 Å². The van der Waals surface area contributed by atoms with Crippen LogP contribution in [0.2, 0.25) is 0 Å². The van der Waals surface area contributed by atoms with Gasteiger partial charge in [-0.05, 0) is 38.3 Å². The van der Waals surface area contributed by atoms with Crippen LogP contribution in [0.25, 0.3) is 0 Å². The highest BCUT2D eigenvalue weighted by Crippen LogP contribution is 2.38. The van der Waals surface area contributed by atoms with Crippen LogP contribution in [0.3, 0.4) is 0 Å². The smallest absolute Gasteiger partial charge is 0.0641 e. The summed E-state index contributed by atoms with van der Waals surface area (Å²) in [5.74, 6) is 1.16. The molecule has 98 valence electrons. The fourth-order valence-electron chi connectivity index (χ4n) is 2.96. The number of thioether (sulfide) groups is 1. The van der Waals surface area contributed by atoms with Crippen molar-refractivity contribution in [3.63, 3.8) is 0 Å². The molecule has 3 heteroatoms. The Morgan fingerprint density at radius 2 is 2.17 bits per heavy atom. The first kappa shape index (κ1) is 12.5. The largest absolute Gasteiger partial charge is 0.375 e. The fourth-order valence-corrected chi connectivity index (χ4v) is 4.13. The van der Waals surface area contributed by atoms with Gasteiger partial charge in [-0.1, -0.05) is 18.2 Å². The maximum Gasteiger partial charge on any atom is 0.0641 e. The van der Waals surface area contributed by atoms with Gasteiger partial charge >= 0.3 is 0 Å². The van der Waals surface area contributed by atoms with Gasteiger partial charge in [0.1, 0.15) is 0 Å². The van der Waals surface area contributed by atoms with E-state index in [0.29, 0.717) is 12.1 Å². The zero-order chi connectivity index (χ0) is 12.6. The average molecular weight is 263 g/mol. The molecule has 0 saturated carbocycles. The van der Waals surface area contributed by atoms with Crippen molar-refractivity contribution in [1.29, 1.82) is 0 Å². The topological polar surface area (TPSA) is 21.3 Å². The van der Waals surface area contributed by atoms with Crippen LogP contribution in [-0.4, -0.2) is 24.0 Å². The molecule has 0 spiro atoms. The molecule has 0 amide bonds. The molecular formula is C15H21NOS. The van der Waals surface area contributed by atoms with Gasteiger partial charge < -0.3 is 10.1 Å². The first-order valence-electron chi connectivity index (χ1n) is 6.76. The third kappa shape index (κ3) is 2.58. The number of benzene rings is 1. The first-order chi connectivity index (χ1) is 8.64. The number of rotatable bonds is 2. The molecule has 1 aromatic rings. The van der Waals surface area contributed by atoms with Crippen LogP contribution in [0.4, 0.5) is 0 Å². The van der Waals surface area contributed by atoms with Gasteiger partial charge in [0.05, 0.1) is 5.60 Å². The van der Waals surface area contributed by atoms with Gasteiger partial charge in [0, 0.05) is 29.3 Å². The highest BCUT2D eigenvalue weighted by Gasteiger charge is 2.32. The average Bonchev–Trinajstić information content (AvgIpc) is 2.72. The van der Waals surface area contributed by atoms with Gasteiger partial charge in [-0.3, -0.25) is 0 Å². The molecule has 2 atom stereocenters. The van der Waals surface area contributed by atoms with Crippen LogP contribution >= 0.6 is 11.8 Å². The van der Waals surface area contributed by atoms with E-state index in [1.807, 2.05) is 11.8 Å². The monoisotopic (exact) mass is 263 g/mol. The molecule has 1 fully saturated rings. The van der Waals surface area contributed by atoms with E-state index in [1.54, 1.807) is 0 Å². The molecule has 0 aliphatic carbocycles. The second-order valence-corrected chi connectivity index (χ2v) is 6.93. The molecule has 0 aromatic heterocycles. The van der Waals surface area contributed by atoms with Crippen LogP contribution in [-0.2, 0) is 4.74 Å². The fraction of sp³-hybridized carbons (Fsp3) is 0.600. The van der Waals surface area contributed by atoms with E-state index in [0.717, 1.165) is 25.2 Å². The maximum atomic E-state index is 5.78. The predicted molar refractivity (Wildman–Crippen MR) is 76.1 cm³/mol. The van der Waals surface area contributed by atoms with Gasteiger partial charge in [-0.25, -0.2) is 0 Å². The standard InChI is InChI=1S/C15H21NOS/c1-15(2)9-11(7-8-17-15)16-13-10-18-14-6-4-3-5-12(13)14/h3-6,11,13,16H,7-10H2,1-2H3. The molecule has 18 heavy (non-hydrogen) atoms. The summed E-state index contributed by atoms with van der Waals surface area (Å²) in [5, 5.41) is 3.83. The molecule has 1 aromatic carbocycles. The Kier molecular flexibility index (Phi) is 3.39. The molecule has 2 aliphatic heterocycles. The Balaban J connectivity index is 1.68. The van der Waals surface area contributed by atoms with Gasteiger partial charge in [0.25, 0.3) is 0 Å². The predicted octanol–water partition coefficient (Wildman–Crippen LogP) is 3.38. The third-order valence-corrected chi connectivity index (χ3v) is 5.02. The van der Waals surface area contributed by atoms with Gasteiger partial charge in [0.2, 0.25) is 0 Å². The molecule has 1 saturated heterocycles. The van der Waals surface area contributed by atoms with Crippen LogP contribution in [0, 0.1) is 0 Å². The SMILES string of the molecule is CC1(C)CC(NC2CSc3ccccc32)CCO1. The highest BCUT2D eigenvalue weighted by molar-refractivity contribution is 7.99. The maximum absolute atomic E-state index is 5.78. The van der Waals surface area contributed by atoms with Crippen LogP contribution in [0.15, 0.2) is 29.2 Å². The third-order valence-electron chi connectivity index (χ3n) is 3.83. The summed E-state index contributed by atoms with van der Waals surface area (Å²) >= 11 is 1.97. The lowest BCUT2D eigenvalue weighted by Gasteiger charge is -2.37. The quantitative estimate of drug-likeness (QED) is 0.884. The zero-order valence-electron chi connectivity index (χ0n) is 11.1. The van der Waals surface area contributed by atoms with E-state index in [-0.39, 0.29) is 5.60 Å². The molecule has 0 bridgehead atoms. The van der Waals surface area contributed by atoms with Crippen molar-refractivity contribution in [2.75, 3.05) is 12.4 Å². The first-order valence-corrected chi connectivity index (χ1v) is 7.74. The van der Waals surface area contributed by atoms with Crippen LogP contribution in [0.1, 0.15) is 38.3 Å². The Bertz CT molecular complexity index is 432. The van der Waals surface area contributed by atoms with E-state index < -0.39 is 0 Å². The van der Waals surface area contributed by atoms with Gasteiger partial charge in [-0.2, -0.15) is 0 Å². The molecule has 2 nitrogen and oxygen atoms in total. The molecule has 2 heterocycles. The van der Waals surface area contributed by atoms with E-state index in [2.05, 4.69) is 43.4 Å². The molecule has 0 radical (unpaired) electrons. The number of hydrogen-bond donors (Lipinski definition) is 1. The van der Waals surface area contributed by atoms with E-state index in [4.69, 9.17) is 4.74 Å². The Labute approximate surface area is 113 Å². The lowest BCUT2D eigenvalue weighted by molar-refractivity contribution is -0.0639. The number of nitrogens with one attached hydrogen (secondary N) is 1. The zero-order valence-corrected chi connectivity index (χ0v) is 11.9. The van der Waals surface area contributed by atoms with Crippen molar-refractivity contribution in [2.24, 2.45) is 0 Å². The van der Waals surface area contributed by atoms with Crippen molar-refractivity contribution in [3.05, 3.63) is 29.8 Å². The number of fused-ring (bicyclic) bond motifs is 1. The summed E-state index contributed by atoms with van der Waals surface area (Å²) in [6, 6.07) is 9.88. The van der Waals surface area contributed by atoms with E-state index >= 15 is 0 Å². The van der Waals surface area contributed by atoms with Crippen molar-refractivity contribution < 1.29 is 4.74 Å². The minimum Gasteiger partial charge on any atom is -0.375 e. The van der Waals surface area contributed by atoms with E-state index in [1.165, 1.54) is 10.5 Å². The van der Waals surface area contributed by atoms with Gasteiger partial charge in [0.15, 0.2) is 0 Å². The second-order valence-electron chi connectivity index (χ2n) is 5.87. The molecule has 2 unspecified atom stereocenters. The lowest BCUT2D eigenvalue weighted by Crippen LogP contribution is -2.44. The summed E-state index contributed by atoms with van der Waals surface area (Å²) < 4.78 is 5.78. The van der Waals surface area contributed by atoms with Crippen LogP contribution in [0.5, 0.6) is 0 Å². The molecular weight excluding hydrogens is 242 g/mol. The van der Waals surface area contributed by atoms with Crippen molar-refractivity contribution in [2.45, 2.75) is 49.3 Å². The summed E-state index contributed by atoms with van der Waals surface area (Å²) in [6.07, 6.45) is 2.24. The molecule has 1 N–H and O–H groups in total. The normalized spacial score (nSPS) is 30.1. The Morgan fingerprint density at radius 3 is 3.00 bits per heavy atom. The number of hydrogen-bond acceptors (Lipinski definition) is 3. The van der Waals surface area contributed by atoms with Gasteiger partial charge in [-0.15, -0.1) is 11.8 Å². The van der Waals surface area contributed by atoms with Crippen molar-refractivity contribution in [1.82, 2.24) is 5.32 Å². The second kappa shape index (κ2) is 4.87. The molecule has 3 rings (SSSR count). The Hall–Kier alpha value is -0.510. The summed E-state index contributed by atoms with van der Waals surface area (Å²) in [4.78, 5) is 1.45. The summed E-state index contributed by atoms with van der Waals surface area (Å²) in [7, 11) is 0. The molecule has 2 aliphatic rings. The van der Waals surface area contributed by atoms with E-state index in [9.17, 15) is 0 Å². The minimum atomic E-state index is 0.0290.